The molecule has 10 nitrogen and oxygen atoms in total. The zero-order chi connectivity index (χ0) is 26.1. The minimum Gasteiger partial charge on any atom is -0.494 e. The number of amides is 2. The Morgan fingerprint density at radius 1 is 1.08 bits per heavy atom. The molecule has 0 spiro atoms. The summed E-state index contributed by atoms with van der Waals surface area (Å²) in [6.45, 7) is 2.90. The Balaban J connectivity index is 1.72. The van der Waals surface area contributed by atoms with E-state index in [9.17, 15) is 14.4 Å². The number of hydrogen-bond donors (Lipinski definition) is 4. The van der Waals surface area contributed by atoms with Crippen molar-refractivity contribution in [2.45, 2.75) is 38.3 Å². The first-order valence-corrected chi connectivity index (χ1v) is 11.9. The van der Waals surface area contributed by atoms with Crippen molar-refractivity contribution < 1.29 is 29.0 Å². The molecular formula is C26H32N4O6. The molecule has 3 rings (SSSR count). The zero-order valence-electron chi connectivity index (χ0n) is 20.2. The molecule has 0 saturated carbocycles. The number of nitrogens with two attached hydrogens (primary N) is 1. The summed E-state index contributed by atoms with van der Waals surface area (Å²) >= 11 is 0. The van der Waals surface area contributed by atoms with Gasteiger partial charge in [-0.05, 0) is 49.6 Å². The largest absolute Gasteiger partial charge is 0.494 e. The van der Waals surface area contributed by atoms with Gasteiger partial charge in [0.2, 0.25) is 5.91 Å². The number of likely N-dealkylation sites (tertiary alicyclic amines) is 1. The van der Waals surface area contributed by atoms with Gasteiger partial charge in [0, 0.05) is 30.6 Å². The minimum absolute atomic E-state index is 0.0961. The maximum atomic E-state index is 13.5. The van der Waals surface area contributed by atoms with Gasteiger partial charge < -0.3 is 30.5 Å². The van der Waals surface area contributed by atoms with Crippen molar-refractivity contribution in [3.05, 3.63) is 65.2 Å². The van der Waals surface area contributed by atoms with Crippen LogP contribution in [0, 0.1) is 5.41 Å². The molecule has 36 heavy (non-hydrogen) atoms. The number of benzene rings is 2. The molecule has 5 N–H and O–H groups in total. The molecule has 0 aliphatic carbocycles. The molecule has 1 saturated heterocycles. The number of hydrogen-bond acceptors (Lipinski definition) is 6. The standard InChI is InChI=1S/C26H32N4O6/c1-2-35-20-9-3-17(4-10-20)15-22(29-25(33)19-7-5-18(6-8-19)24(27)28)26(34)30-13-11-21(12-14-30)36-16-23(31)32/h3-10,21-22H,2,11-16H2,1H3,(H3,27,28)(H,29,33)(H,31,32)/t22-/m0/s1. The number of aliphatic carboxylic acids is 1. The number of carbonyl (C=O) groups excluding carboxylic acids is 2. The molecule has 192 valence electrons. The third-order valence-electron chi connectivity index (χ3n) is 5.93. The van der Waals surface area contributed by atoms with E-state index >= 15 is 0 Å². The molecule has 1 aliphatic rings. The van der Waals surface area contributed by atoms with Crippen molar-refractivity contribution in [3.8, 4) is 5.75 Å². The van der Waals surface area contributed by atoms with Crippen molar-refractivity contribution in [1.82, 2.24) is 10.2 Å². The third kappa shape index (κ3) is 7.54. The first-order valence-electron chi connectivity index (χ1n) is 11.9. The molecule has 0 unspecified atom stereocenters. The molecular weight excluding hydrogens is 464 g/mol. The maximum Gasteiger partial charge on any atom is 0.329 e. The van der Waals surface area contributed by atoms with Crippen LogP contribution in [0.4, 0.5) is 0 Å². The zero-order valence-corrected chi connectivity index (χ0v) is 20.2. The lowest BCUT2D eigenvalue weighted by atomic mass is 10.0. The van der Waals surface area contributed by atoms with E-state index in [2.05, 4.69) is 5.32 Å². The van der Waals surface area contributed by atoms with Crippen LogP contribution in [0.3, 0.4) is 0 Å². The molecule has 1 aliphatic heterocycles. The Hall–Kier alpha value is -3.92. The monoisotopic (exact) mass is 496 g/mol. The van der Waals surface area contributed by atoms with E-state index in [1.807, 2.05) is 31.2 Å². The summed E-state index contributed by atoms with van der Waals surface area (Å²) in [5.41, 5.74) is 7.21. The Morgan fingerprint density at radius 3 is 2.25 bits per heavy atom. The molecule has 2 amide bonds. The first-order chi connectivity index (χ1) is 17.3. The summed E-state index contributed by atoms with van der Waals surface area (Å²) in [6.07, 6.45) is 1.12. The van der Waals surface area contributed by atoms with Crippen molar-refractivity contribution in [2.24, 2.45) is 5.73 Å². The number of carboxylic acids is 1. The van der Waals surface area contributed by atoms with Gasteiger partial charge >= 0.3 is 5.97 Å². The lowest BCUT2D eigenvalue weighted by molar-refractivity contribution is -0.147. The number of amidine groups is 1. The van der Waals surface area contributed by atoms with Gasteiger partial charge in [-0.1, -0.05) is 24.3 Å². The van der Waals surface area contributed by atoms with E-state index in [0.29, 0.717) is 43.7 Å². The number of nitrogens with one attached hydrogen (secondary N) is 2. The average Bonchev–Trinajstić information content (AvgIpc) is 2.88. The molecule has 10 heteroatoms. The normalized spacial score (nSPS) is 14.6. The molecule has 0 aromatic heterocycles. The van der Waals surface area contributed by atoms with Crippen LogP contribution in [0.25, 0.3) is 0 Å². The summed E-state index contributed by atoms with van der Waals surface area (Å²) in [5.74, 6) is -1.02. The van der Waals surface area contributed by atoms with Crippen LogP contribution < -0.4 is 15.8 Å². The van der Waals surface area contributed by atoms with Gasteiger partial charge in [-0.15, -0.1) is 0 Å². The fourth-order valence-electron chi connectivity index (χ4n) is 4.02. The molecule has 1 heterocycles. The summed E-state index contributed by atoms with van der Waals surface area (Å²) < 4.78 is 10.8. The summed E-state index contributed by atoms with van der Waals surface area (Å²) in [4.78, 5) is 38.9. The van der Waals surface area contributed by atoms with Gasteiger partial charge in [0.1, 0.15) is 24.2 Å². The number of nitrogens with zero attached hydrogens (tertiary/aromatic N) is 1. The van der Waals surface area contributed by atoms with Crippen molar-refractivity contribution in [3.63, 3.8) is 0 Å². The van der Waals surface area contributed by atoms with E-state index in [4.69, 9.17) is 25.7 Å². The number of carbonyl (C=O) groups is 3. The number of rotatable bonds is 11. The van der Waals surface area contributed by atoms with Crippen LogP contribution in [-0.4, -0.2) is 72.1 Å². The fourth-order valence-corrected chi connectivity index (χ4v) is 4.02. The highest BCUT2D eigenvalue weighted by Crippen LogP contribution is 2.18. The smallest absolute Gasteiger partial charge is 0.329 e. The van der Waals surface area contributed by atoms with Crippen molar-refractivity contribution >= 4 is 23.6 Å². The Labute approximate surface area is 209 Å². The second-order valence-electron chi connectivity index (χ2n) is 8.53. The second kappa shape index (κ2) is 12.7. The van der Waals surface area contributed by atoms with Gasteiger partial charge in [0.15, 0.2) is 0 Å². The van der Waals surface area contributed by atoms with E-state index in [1.165, 1.54) is 0 Å². The topological polar surface area (TPSA) is 155 Å². The fraction of sp³-hybridized carbons (Fsp3) is 0.385. The highest BCUT2D eigenvalue weighted by atomic mass is 16.5. The first kappa shape index (κ1) is 26.7. The molecule has 0 bridgehead atoms. The number of carboxylic acid groups (broad SMARTS) is 1. The Morgan fingerprint density at radius 2 is 1.69 bits per heavy atom. The van der Waals surface area contributed by atoms with Crippen molar-refractivity contribution in [2.75, 3.05) is 26.3 Å². The lowest BCUT2D eigenvalue weighted by Crippen LogP contribution is -2.52. The van der Waals surface area contributed by atoms with Gasteiger partial charge in [-0.3, -0.25) is 15.0 Å². The predicted octanol–water partition coefficient (Wildman–Crippen LogP) is 1.80. The minimum atomic E-state index is -1.03. The SMILES string of the molecule is CCOc1ccc(C[C@H](NC(=O)c2ccc(C(=N)N)cc2)C(=O)N2CCC(OCC(=O)O)CC2)cc1. The van der Waals surface area contributed by atoms with Crippen LogP contribution >= 0.6 is 0 Å². The van der Waals surface area contributed by atoms with Crippen LogP contribution in [0.5, 0.6) is 5.75 Å². The van der Waals surface area contributed by atoms with Crippen LogP contribution in [0.1, 0.15) is 41.3 Å². The Kier molecular flexibility index (Phi) is 9.40. The van der Waals surface area contributed by atoms with E-state index in [1.54, 1.807) is 29.2 Å². The van der Waals surface area contributed by atoms with Crippen LogP contribution in [-0.2, 0) is 20.7 Å². The highest BCUT2D eigenvalue weighted by molar-refractivity contribution is 5.99. The second-order valence-corrected chi connectivity index (χ2v) is 8.53. The van der Waals surface area contributed by atoms with Gasteiger partial charge in [-0.2, -0.15) is 0 Å². The predicted molar refractivity (Wildman–Crippen MR) is 133 cm³/mol. The number of nitrogen functional groups attached to an aromatic ring is 1. The van der Waals surface area contributed by atoms with Gasteiger partial charge in [0.25, 0.3) is 5.91 Å². The number of ether oxygens (including phenoxy) is 2. The lowest BCUT2D eigenvalue weighted by Gasteiger charge is -2.34. The van der Waals surface area contributed by atoms with E-state index in [-0.39, 0.29) is 30.9 Å². The number of piperidine rings is 1. The van der Waals surface area contributed by atoms with Gasteiger partial charge in [0.05, 0.1) is 12.7 Å². The van der Waals surface area contributed by atoms with E-state index in [0.717, 1.165) is 11.3 Å². The molecule has 1 atom stereocenters. The molecule has 0 radical (unpaired) electrons. The quantitative estimate of drug-likeness (QED) is 0.273. The van der Waals surface area contributed by atoms with Crippen LogP contribution in [0.15, 0.2) is 48.5 Å². The summed E-state index contributed by atoms with van der Waals surface area (Å²) in [5, 5.41) is 19.2. The van der Waals surface area contributed by atoms with E-state index < -0.39 is 17.9 Å². The molecule has 2 aromatic rings. The Bertz CT molecular complexity index is 1060. The summed E-state index contributed by atoms with van der Waals surface area (Å²) in [7, 11) is 0. The maximum absolute atomic E-state index is 13.5. The highest BCUT2D eigenvalue weighted by Gasteiger charge is 2.30. The summed E-state index contributed by atoms with van der Waals surface area (Å²) in [6, 6.07) is 12.9. The molecule has 2 aromatic carbocycles. The van der Waals surface area contributed by atoms with Crippen molar-refractivity contribution in [1.29, 1.82) is 5.41 Å². The van der Waals surface area contributed by atoms with Crippen LogP contribution in [0.2, 0.25) is 0 Å². The third-order valence-corrected chi connectivity index (χ3v) is 5.93. The molecule has 1 fully saturated rings. The van der Waals surface area contributed by atoms with Gasteiger partial charge in [-0.25, -0.2) is 4.79 Å². The average molecular weight is 497 g/mol.